The molecule has 1 N–H and O–H groups in total. The highest BCUT2D eigenvalue weighted by Crippen LogP contribution is 2.31. The third kappa shape index (κ3) is 3.79. The minimum Gasteiger partial charge on any atom is -0.307 e. The maximum atomic E-state index is 13.0. The molecule has 1 aliphatic carbocycles. The lowest BCUT2D eigenvalue weighted by Crippen LogP contribution is -2.38. The third-order valence-electron chi connectivity index (χ3n) is 4.72. The van der Waals surface area contributed by atoms with Crippen molar-refractivity contribution in [2.75, 3.05) is 0 Å². The summed E-state index contributed by atoms with van der Waals surface area (Å²) in [4.78, 5) is 0. The number of hydrogen-bond acceptors (Lipinski definition) is 1. The van der Waals surface area contributed by atoms with Crippen molar-refractivity contribution >= 4 is 0 Å². The second kappa shape index (κ2) is 6.51. The van der Waals surface area contributed by atoms with E-state index in [1.54, 1.807) is 12.1 Å². The quantitative estimate of drug-likeness (QED) is 0.831. The van der Waals surface area contributed by atoms with Gasteiger partial charge in [0.05, 0.1) is 0 Å². The summed E-state index contributed by atoms with van der Waals surface area (Å²) in [5.41, 5.74) is 1.20. The van der Waals surface area contributed by atoms with Crippen LogP contribution in [0.3, 0.4) is 0 Å². The summed E-state index contributed by atoms with van der Waals surface area (Å²) in [7, 11) is 0. The standard InChI is InChI=1S/C17H26FN/c1-4-17(14-6-8-15(18)9-7-14)19-16-10-5-12(2)13(3)11-16/h6-9,12-13,16-17,19H,4-5,10-11H2,1-3H3. The molecule has 4 unspecified atom stereocenters. The van der Waals surface area contributed by atoms with Crippen molar-refractivity contribution in [3.8, 4) is 0 Å². The fourth-order valence-corrected chi connectivity index (χ4v) is 3.13. The van der Waals surface area contributed by atoms with Crippen molar-refractivity contribution in [1.82, 2.24) is 5.32 Å². The molecule has 1 aliphatic rings. The Labute approximate surface area is 116 Å². The zero-order valence-electron chi connectivity index (χ0n) is 12.3. The van der Waals surface area contributed by atoms with Gasteiger partial charge in [-0.25, -0.2) is 4.39 Å². The van der Waals surface area contributed by atoms with Gasteiger partial charge in [0.15, 0.2) is 0 Å². The molecule has 0 heterocycles. The van der Waals surface area contributed by atoms with Crippen LogP contribution in [0.25, 0.3) is 0 Å². The highest BCUT2D eigenvalue weighted by Gasteiger charge is 2.26. The summed E-state index contributed by atoms with van der Waals surface area (Å²) in [5.74, 6) is 1.50. The fraction of sp³-hybridized carbons (Fsp3) is 0.647. The van der Waals surface area contributed by atoms with E-state index in [9.17, 15) is 4.39 Å². The van der Waals surface area contributed by atoms with Crippen molar-refractivity contribution < 1.29 is 4.39 Å². The van der Waals surface area contributed by atoms with Gasteiger partial charge in [0.2, 0.25) is 0 Å². The van der Waals surface area contributed by atoms with Crippen LogP contribution in [-0.2, 0) is 0 Å². The lowest BCUT2D eigenvalue weighted by Gasteiger charge is -2.35. The van der Waals surface area contributed by atoms with Gasteiger partial charge in [0.1, 0.15) is 5.82 Å². The van der Waals surface area contributed by atoms with Crippen LogP contribution in [-0.4, -0.2) is 6.04 Å². The molecule has 0 radical (unpaired) electrons. The van der Waals surface area contributed by atoms with E-state index < -0.39 is 0 Å². The first-order chi connectivity index (χ1) is 9.10. The van der Waals surface area contributed by atoms with E-state index in [1.165, 1.54) is 24.8 Å². The van der Waals surface area contributed by atoms with E-state index in [0.717, 1.165) is 18.3 Å². The molecule has 0 spiro atoms. The third-order valence-corrected chi connectivity index (χ3v) is 4.72. The SMILES string of the molecule is CCC(NC1CCC(C)C(C)C1)c1ccc(F)cc1. The lowest BCUT2D eigenvalue weighted by atomic mass is 9.79. The number of rotatable bonds is 4. The van der Waals surface area contributed by atoms with Crippen LogP contribution in [0.1, 0.15) is 58.1 Å². The highest BCUT2D eigenvalue weighted by molar-refractivity contribution is 5.20. The number of hydrogen-bond donors (Lipinski definition) is 1. The second-order valence-corrected chi connectivity index (χ2v) is 6.14. The molecule has 1 aromatic rings. The molecule has 2 heteroatoms. The molecule has 0 aromatic heterocycles. The van der Waals surface area contributed by atoms with E-state index in [4.69, 9.17) is 0 Å². The van der Waals surface area contributed by atoms with E-state index in [1.807, 2.05) is 12.1 Å². The maximum Gasteiger partial charge on any atom is 0.123 e. The second-order valence-electron chi connectivity index (χ2n) is 6.14. The predicted octanol–water partition coefficient (Wildman–Crippen LogP) is 4.69. The molecule has 2 rings (SSSR count). The van der Waals surface area contributed by atoms with Crippen molar-refractivity contribution in [3.63, 3.8) is 0 Å². The molecule has 0 bridgehead atoms. The molecule has 0 saturated heterocycles. The fourth-order valence-electron chi connectivity index (χ4n) is 3.13. The van der Waals surface area contributed by atoms with Gasteiger partial charge in [-0.15, -0.1) is 0 Å². The number of nitrogens with one attached hydrogen (secondary N) is 1. The van der Waals surface area contributed by atoms with Crippen LogP contribution in [0.2, 0.25) is 0 Å². The predicted molar refractivity (Wildman–Crippen MR) is 78.5 cm³/mol. The van der Waals surface area contributed by atoms with Crippen LogP contribution < -0.4 is 5.32 Å². The highest BCUT2D eigenvalue weighted by atomic mass is 19.1. The first-order valence-electron chi connectivity index (χ1n) is 7.61. The van der Waals surface area contributed by atoms with E-state index in [-0.39, 0.29) is 5.82 Å². The van der Waals surface area contributed by atoms with E-state index >= 15 is 0 Å². The summed E-state index contributed by atoms with van der Waals surface area (Å²) in [6, 6.07) is 7.90. The maximum absolute atomic E-state index is 13.0. The smallest absolute Gasteiger partial charge is 0.123 e. The molecule has 0 amide bonds. The molecule has 0 aliphatic heterocycles. The summed E-state index contributed by atoms with van der Waals surface area (Å²) < 4.78 is 13.0. The summed E-state index contributed by atoms with van der Waals surface area (Å²) in [6.07, 6.45) is 4.90. The Bertz CT molecular complexity index is 387. The lowest BCUT2D eigenvalue weighted by molar-refractivity contribution is 0.214. The molecule has 1 nitrogen and oxygen atoms in total. The Morgan fingerprint density at radius 1 is 1.16 bits per heavy atom. The van der Waals surface area contributed by atoms with Gasteiger partial charge in [-0.1, -0.05) is 32.9 Å². The monoisotopic (exact) mass is 263 g/mol. The summed E-state index contributed by atoms with van der Waals surface area (Å²) in [6.45, 7) is 6.91. The Morgan fingerprint density at radius 2 is 1.84 bits per heavy atom. The van der Waals surface area contributed by atoms with E-state index in [0.29, 0.717) is 12.1 Å². The van der Waals surface area contributed by atoms with Crippen LogP contribution in [0.15, 0.2) is 24.3 Å². The van der Waals surface area contributed by atoms with Crippen LogP contribution >= 0.6 is 0 Å². The largest absolute Gasteiger partial charge is 0.307 e. The van der Waals surface area contributed by atoms with Gasteiger partial charge in [-0.2, -0.15) is 0 Å². The van der Waals surface area contributed by atoms with E-state index in [2.05, 4.69) is 26.1 Å². The van der Waals surface area contributed by atoms with Crippen LogP contribution in [0.5, 0.6) is 0 Å². The molecule has 1 aromatic carbocycles. The normalized spacial score (nSPS) is 29.2. The van der Waals surface area contributed by atoms with Gasteiger partial charge >= 0.3 is 0 Å². The van der Waals surface area contributed by atoms with Gasteiger partial charge < -0.3 is 5.32 Å². The molecule has 19 heavy (non-hydrogen) atoms. The van der Waals surface area contributed by atoms with Crippen molar-refractivity contribution in [2.24, 2.45) is 11.8 Å². The van der Waals surface area contributed by atoms with Gasteiger partial charge in [-0.3, -0.25) is 0 Å². The summed E-state index contributed by atoms with van der Waals surface area (Å²) >= 11 is 0. The first-order valence-corrected chi connectivity index (χ1v) is 7.61. The molecule has 4 atom stereocenters. The topological polar surface area (TPSA) is 12.0 Å². The van der Waals surface area contributed by atoms with Gasteiger partial charge in [0, 0.05) is 12.1 Å². The minimum atomic E-state index is -0.154. The molecule has 1 saturated carbocycles. The Balaban J connectivity index is 1.97. The molecular weight excluding hydrogens is 237 g/mol. The molecule has 106 valence electrons. The van der Waals surface area contributed by atoms with Gasteiger partial charge in [0.25, 0.3) is 0 Å². The van der Waals surface area contributed by atoms with Crippen molar-refractivity contribution in [1.29, 1.82) is 0 Å². The van der Waals surface area contributed by atoms with Crippen molar-refractivity contribution in [3.05, 3.63) is 35.6 Å². The van der Waals surface area contributed by atoms with Gasteiger partial charge in [-0.05, 0) is 55.2 Å². The zero-order valence-corrected chi connectivity index (χ0v) is 12.3. The first kappa shape index (κ1) is 14.5. The van der Waals surface area contributed by atoms with Crippen LogP contribution in [0, 0.1) is 17.7 Å². The summed E-state index contributed by atoms with van der Waals surface area (Å²) in [5, 5.41) is 3.77. The molecular formula is C17H26FN. The van der Waals surface area contributed by atoms with Crippen molar-refractivity contribution in [2.45, 2.75) is 58.5 Å². The Morgan fingerprint density at radius 3 is 2.42 bits per heavy atom. The van der Waals surface area contributed by atoms with Crippen LogP contribution in [0.4, 0.5) is 4.39 Å². The Hall–Kier alpha value is -0.890. The average Bonchev–Trinajstić information content (AvgIpc) is 2.41. The molecule has 1 fully saturated rings. The zero-order chi connectivity index (χ0) is 13.8. The number of halogens is 1. The Kier molecular flexibility index (Phi) is 4.98. The average molecular weight is 263 g/mol. The number of benzene rings is 1. The minimum absolute atomic E-state index is 0.154.